The first-order valence-electron chi connectivity index (χ1n) is 11.8. The van der Waals surface area contributed by atoms with Gasteiger partial charge in [-0.3, -0.25) is 9.59 Å². The molecule has 0 spiro atoms. The summed E-state index contributed by atoms with van der Waals surface area (Å²) in [5.41, 5.74) is 2.05. The lowest BCUT2D eigenvalue weighted by atomic mass is 9.83. The molecule has 35 heavy (non-hydrogen) atoms. The van der Waals surface area contributed by atoms with Crippen molar-refractivity contribution < 1.29 is 9.90 Å². The van der Waals surface area contributed by atoms with E-state index in [2.05, 4.69) is 29.2 Å². The Balaban J connectivity index is 1.85. The lowest BCUT2D eigenvalue weighted by Crippen LogP contribution is -2.49. The largest absolute Gasteiger partial charge is 0.501 e. The van der Waals surface area contributed by atoms with Gasteiger partial charge in [-0.15, -0.1) is 0 Å². The first-order chi connectivity index (χ1) is 17.0. The molecule has 0 radical (unpaired) electrons. The van der Waals surface area contributed by atoms with Gasteiger partial charge in [-0.1, -0.05) is 91.0 Å². The highest BCUT2D eigenvalue weighted by molar-refractivity contribution is 5.96. The molecule has 0 fully saturated rings. The van der Waals surface area contributed by atoms with E-state index in [1.807, 2.05) is 80.6 Å². The number of rotatable bonds is 5. The van der Waals surface area contributed by atoms with Crippen LogP contribution in [0, 0.1) is 0 Å². The van der Waals surface area contributed by atoms with E-state index >= 15 is 0 Å². The van der Waals surface area contributed by atoms with Crippen molar-refractivity contribution in [2.24, 2.45) is 0 Å². The SMILES string of the molecule is CC(C)N1C[C@H](C(c2ccccc2)c2ccccc2)n2c(-c3ccccc3)nc(=O)c(O)c2C1=O. The van der Waals surface area contributed by atoms with Gasteiger partial charge in [0, 0.05) is 24.1 Å². The molecule has 0 saturated heterocycles. The lowest BCUT2D eigenvalue weighted by Gasteiger charge is -2.42. The number of nitrogens with zero attached hydrogens (tertiary/aromatic N) is 3. The molecular weight excluding hydrogens is 438 g/mol. The normalized spacial score (nSPS) is 15.5. The van der Waals surface area contributed by atoms with E-state index in [9.17, 15) is 14.7 Å². The molecule has 0 saturated carbocycles. The van der Waals surface area contributed by atoms with Gasteiger partial charge in [0.15, 0.2) is 5.69 Å². The van der Waals surface area contributed by atoms with Gasteiger partial charge in [0.05, 0.1) is 6.04 Å². The van der Waals surface area contributed by atoms with E-state index in [1.165, 1.54) is 0 Å². The summed E-state index contributed by atoms with van der Waals surface area (Å²) in [6.45, 7) is 4.29. The van der Waals surface area contributed by atoms with Crippen LogP contribution >= 0.6 is 0 Å². The number of benzene rings is 3. The molecule has 1 atom stereocenters. The summed E-state index contributed by atoms with van der Waals surface area (Å²) >= 11 is 0. The highest BCUT2D eigenvalue weighted by Crippen LogP contribution is 2.42. The van der Waals surface area contributed by atoms with Crippen molar-refractivity contribution in [3.05, 3.63) is 118 Å². The Hall–Kier alpha value is -4.19. The maximum Gasteiger partial charge on any atom is 0.316 e. The van der Waals surface area contributed by atoms with E-state index in [-0.39, 0.29) is 29.6 Å². The number of fused-ring (bicyclic) bond motifs is 1. The van der Waals surface area contributed by atoms with Crippen LogP contribution in [0.5, 0.6) is 5.75 Å². The molecule has 176 valence electrons. The van der Waals surface area contributed by atoms with Gasteiger partial charge in [-0.05, 0) is 25.0 Å². The second-order valence-electron chi connectivity index (χ2n) is 9.09. The molecule has 0 bridgehead atoms. The molecule has 1 aliphatic heterocycles. The van der Waals surface area contributed by atoms with Crippen LogP contribution in [0.15, 0.2) is 95.8 Å². The van der Waals surface area contributed by atoms with Gasteiger partial charge in [-0.2, -0.15) is 4.98 Å². The Kier molecular flexibility index (Phi) is 5.95. The fourth-order valence-corrected chi connectivity index (χ4v) is 5.00. The second kappa shape index (κ2) is 9.22. The van der Waals surface area contributed by atoms with Gasteiger partial charge in [0.25, 0.3) is 5.91 Å². The number of amides is 1. The lowest BCUT2D eigenvalue weighted by molar-refractivity contribution is 0.0588. The fourth-order valence-electron chi connectivity index (χ4n) is 5.00. The van der Waals surface area contributed by atoms with Crippen molar-refractivity contribution in [3.8, 4) is 17.1 Å². The maximum atomic E-state index is 13.6. The van der Waals surface area contributed by atoms with Crippen LogP contribution in [0.25, 0.3) is 11.4 Å². The fraction of sp³-hybridized carbons (Fsp3) is 0.207. The van der Waals surface area contributed by atoms with E-state index in [0.717, 1.165) is 11.1 Å². The van der Waals surface area contributed by atoms with Crippen LogP contribution in [0.2, 0.25) is 0 Å². The van der Waals surface area contributed by atoms with Crippen LogP contribution in [0.3, 0.4) is 0 Å². The molecule has 2 heterocycles. The molecule has 5 rings (SSSR count). The molecule has 0 aliphatic carbocycles. The zero-order valence-electron chi connectivity index (χ0n) is 19.7. The van der Waals surface area contributed by atoms with Crippen molar-refractivity contribution >= 4 is 5.91 Å². The summed E-state index contributed by atoms with van der Waals surface area (Å²) in [6, 6.07) is 29.2. The van der Waals surface area contributed by atoms with Crippen LogP contribution < -0.4 is 5.56 Å². The molecule has 0 unspecified atom stereocenters. The Labute approximate surface area is 204 Å². The van der Waals surface area contributed by atoms with Gasteiger partial charge < -0.3 is 14.6 Å². The van der Waals surface area contributed by atoms with Crippen molar-refractivity contribution in [3.63, 3.8) is 0 Å². The molecular formula is C29H27N3O3. The zero-order valence-corrected chi connectivity index (χ0v) is 19.7. The number of aromatic nitrogens is 2. The Morgan fingerprint density at radius 3 is 1.86 bits per heavy atom. The van der Waals surface area contributed by atoms with E-state index in [4.69, 9.17) is 0 Å². The third kappa shape index (κ3) is 4.01. The molecule has 1 N–H and O–H groups in total. The number of aromatic hydroxyl groups is 1. The maximum absolute atomic E-state index is 13.6. The van der Waals surface area contributed by atoms with E-state index in [0.29, 0.717) is 17.9 Å². The first-order valence-corrected chi connectivity index (χ1v) is 11.8. The third-order valence-corrected chi connectivity index (χ3v) is 6.64. The number of hydrogen-bond donors (Lipinski definition) is 1. The van der Waals surface area contributed by atoms with Gasteiger partial charge in [0.2, 0.25) is 5.75 Å². The standard InChI is InChI=1S/C29H27N3O3/c1-19(2)31-18-23(24(20-12-6-3-7-13-20)21-14-8-4-9-15-21)32-25(29(31)35)26(33)28(34)30-27(32)22-16-10-5-11-17-22/h3-17,19,23-24,33H,18H2,1-2H3/t23-/m1/s1. The van der Waals surface area contributed by atoms with E-state index in [1.54, 1.807) is 9.47 Å². The summed E-state index contributed by atoms with van der Waals surface area (Å²) in [6.07, 6.45) is 0. The molecule has 6 heteroatoms. The monoisotopic (exact) mass is 465 g/mol. The minimum atomic E-state index is -0.802. The van der Waals surface area contributed by atoms with Crippen molar-refractivity contribution in [1.82, 2.24) is 14.5 Å². The molecule has 1 amide bonds. The summed E-state index contributed by atoms with van der Waals surface area (Å²) in [4.78, 5) is 32.4. The Morgan fingerprint density at radius 2 is 1.34 bits per heavy atom. The summed E-state index contributed by atoms with van der Waals surface area (Å²) in [5, 5.41) is 10.9. The molecule has 6 nitrogen and oxygen atoms in total. The number of hydrogen-bond acceptors (Lipinski definition) is 4. The molecule has 3 aromatic carbocycles. The highest BCUT2D eigenvalue weighted by atomic mass is 16.3. The average molecular weight is 466 g/mol. The topological polar surface area (TPSA) is 75.4 Å². The van der Waals surface area contributed by atoms with Crippen LogP contribution in [-0.2, 0) is 0 Å². The predicted octanol–water partition coefficient (Wildman–Crippen LogP) is 4.85. The summed E-state index contributed by atoms with van der Waals surface area (Å²) in [7, 11) is 0. The van der Waals surface area contributed by atoms with Crippen molar-refractivity contribution in [2.45, 2.75) is 31.8 Å². The molecule has 4 aromatic rings. The molecule has 1 aliphatic rings. The number of carbonyl (C=O) groups is 1. The molecule has 1 aromatic heterocycles. The highest BCUT2D eigenvalue weighted by Gasteiger charge is 2.41. The summed E-state index contributed by atoms with van der Waals surface area (Å²) < 4.78 is 1.79. The van der Waals surface area contributed by atoms with E-state index < -0.39 is 11.3 Å². The Bertz CT molecular complexity index is 1360. The Morgan fingerprint density at radius 1 is 0.829 bits per heavy atom. The zero-order chi connectivity index (χ0) is 24.5. The smallest absolute Gasteiger partial charge is 0.316 e. The van der Waals surface area contributed by atoms with Crippen molar-refractivity contribution in [2.75, 3.05) is 6.54 Å². The van der Waals surface area contributed by atoms with Crippen LogP contribution in [0.1, 0.15) is 47.4 Å². The third-order valence-electron chi connectivity index (χ3n) is 6.64. The first kappa shape index (κ1) is 22.6. The quantitative estimate of drug-likeness (QED) is 0.457. The van der Waals surface area contributed by atoms with Gasteiger partial charge >= 0.3 is 5.56 Å². The van der Waals surface area contributed by atoms with Gasteiger partial charge in [0.1, 0.15) is 5.82 Å². The minimum Gasteiger partial charge on any atom is -0.501 e. The minimum absolute atomic E-state index is 0.00864. The predicted molar refractivity (Wildman–Crippen MR) is 136 cm³/mol. The number of carbonyl (C=O) groups excluding carboxylic acids is 1. The van der Waals surface area contributed by atoms with Gasteiger partial charge in [-0.25, -0.2) is 0 Å². The van der Waals surface area contributed by atoms with Crippen LogP contribution in [-0.4, -0.2) is 38.1 Å². The van der Waals surface area contributed by atoms with Crippen LogP contribution in [0.4, 0.5) is 0 Å². The van der Waals surface area contributed by atoms with Crippen molar-refractivity contribution in [1.29, 1.82) is 0 Å². The summed E-state index contributed by atoms with van der Waals surface area (Å²) in [5.74, 6) is -0.756. The average Bonchev–Trinajstić information content (AvgIpc) is 2.88. The second-order valence-corrected chi connectivity index (χ2v) is 9.09.